The summed E-state index contributed by atoms with van der Waals surface area (Å²) in [4.78, 5) is 14.2. The van der Waals surface area contributed by atoms with E-state index in [0.717, 1.165) is 32.5 Å². The standard InChI is InChI=1S/C20H30N2O2/c1-15(2)24-19(23)21-18-12-20(13-18)8-10-22(11-9-20)14-17-7-5-4-6-16(17)3/h4-7,15,18H,8-14H2,1-3H3,(H,21,23). The number of benzene rings is 1. The highest BCUT2D eigenvalue weighted by molar-refractivity contribution is 5.68. The predicted molar refractivity (Wildman–Crippen MR) is 95.9 cm³/mol. The lowest BCUT2D eigenvalue weighted by Gasteiger charge is -2.52. The van der Waals surface area contributed by atoms with Crippen molar-refractivity contribution in [2.75, 3.05) is 13.1 Å². The highest BCUT2D eigenvalue weighted by Gasteiger charge is 2.46. The molecule has 2 fully saturated rings. The topological polar surface area (TPSA) is 41.6 Å². The normalized spacial score (nSPS) is 20.8. The highest BCUT2D eigenvalue weighted by atomic mass is 16.6. The summed E-state index contributed by atoms with van der Waals surface area (Å²) in [6, 6.07) is 8.98. The molecule has 1 aromatic carbocycles. The molecule has 4 heteroatoms. The number of carbonyl (C=O) groups excluding carboxylic acids is 1. The van der Waals surface area contributed by atoms with E-state index in [1.165, 1.54) is 24.0 Å². The summed E-state index contributed by atoms with van der Waals surface area (Å²) < 4.78 is 5.17. The predicted octanol–water partition coefficient (Wildman–Crippen LogP) is 3.87. The van der Waals surface area contributed by atoms with Crippen LogP contribution in [0.3, 0.4) is 0 Å². The maximum absolute atomic E-state index is 11.7. The van der Waals surface area contributed by atoms with Crippen molar-refractivity contribution in [2.24, 2.45) is 5.41 Å². The van der Waals surface area contributed by atoms with Crippen LogP contribution in [0.1, 0.15) is 50.7 Å². The molecule has 3 rings (SSSR count). The zero-order valence-electron chi connectivity index (χ0n) is 15.2. The number of ether oxygens (including phenoxy) is 1. The lowest BCUT2D eigenvalue weighted by Crippen LogP contribution is -2.55. The van der Waals surface area contributed by atoms with Crippen LogP contribution in [0.25, 0.3) is 0 Å². The highest BCUT2D eigenvalue weighted by Crippen LogP contribution is 2.49. The van der Waals surface area contributed by atoms with Crippen molar-refractivity contribution in [3.8, 4) is 0 Å². The molecule has 1 saturated carbocycles. The maximum atomic E-state index is 11.7. The van der Waals surface area contributed by atoms with Crippen LogP contribution >= 0.6 is 0 Å². The van der Waals surface area contributed by atoms with Crippen LogP contribution in [0.5, 0.6) is 0 Å². The second-order valence-electron chi connectivity index (χ2n) is 7.91. The third-order valence-electron chi connectivity index (χ3n) is 5.60. The van der Waals surface area contributed by atoms with Crippen LogP contribution < -0.4 is 5.32 Å². The van der Waals surface area contributed by atoms with Crippen LogP contribution in [-0.2, 0) is 11.3 Å². The van der Waals surface area contributed by atoms with Gasteiger partial charge in [-0.25, -0.2) is 4.79 Å². The van der Waals surface area contributed by atoms with E-state index in [1.54, 1.807) is 0 Å². The largest absolute Gasteiger partial charge is 0.447 e. The number of carbonyl (C=O) groups is 1. The van der Waals surface area contributed by atoms with Gasteiger partial charge in [-0.05, 0) is 76.1 Å². The first-order chi connectivity index (χ1) is 11.5. The molecule has 1 N–H and O–H groups in total. The monoisotopic (exact) mass is 330 g/mol. The van der Waals surface area contributed by atoms with Gasteiger partial charge in [-0.1, -0.05) is 24.3 Å². The molecule has 1 heterocycles. The molecule has 0 bridgehead atoms. The van der Waals surface area contributed by atoms with Gasteiger partial charge in [0, 0.05) is 12.6 Å². The molecule has 24 heavy (non-hydrogen) atoms. The molecule has 1 aliphatic heterocycles. The minimum atomic E-state index is -0.262. The van der Waals surface area contributed by atoms with E-state index in [2.05, 4.69) is 41.4 Å². The van der Waals surface area contributed by atoms with Gasteiger partial charge in [0.25, 0.3) is 0 Å². The molecule has 1 saturated heterocycles. The average molecular weight is 330 g/mol. The first-order valence-corrected chi connectivity index (χ1v) is 9.20. The van der Waals surface area contributed by atoms with Gasteiger partial charge in [-0.15, -0.1) is 0 Å². The van der Waals surface area contributed by atoms with E-state index in [9.17, 15) is 4.79 Å². The van der Waals surface area contributed by atoms with Crippen LogP contribution in [0.2, 0.25) is 0 Å². The molecule has 4 nitrogen and oxygen atoms in total. The minimum Gasteiger partial charge on any atom is -0.447 e. The number of amides is 1. The zero-order chi connectivity index (χ0) is 17.2. The van der Waals surface area contributed by atoms with Crippen molar-refractivity contribution >= 4 is 6.09 Å². The van der Waals surface area contributed by atoms with Gasteiger partial charge in [-0.3, -0.25) is 4.90 Å². The smallest absolute Gasteiger partial charge is 0.407 e. The third kappa shape index (κ3) is 4.10. The molecule has 1 amide bonds. The molecular weight excluding hydrogens is 300 g/mol. The molecule has 1 aromatic rings. The van der Waals surface area contributed by atoms with Gasteiger partial charge in [0.15, 0.2) is 0 Å². The van der Waals surface area contributed by atoms with E-state index >= 15 is 0 Å². The Morgan fingerprint density at radius 3 is 2.58 bits per heavy atom. The van der Waals surface area contributed by atoms with Gasteiger partial charge < -0.3 is 10.1 Å². The second kappa shape index (κ2) is 7.14. The van der Waals surface area contributed by atoms with Crippen molar-refractivity contribution < 1.29 is 9.53 Å². The van der Waals surface area contributed by atoms with Crippen LogP contribution in [0.15, 0.2) is 24.3 Å². The van der Waals surface area contributed by atoms with Crippen molar-refractivity contribution in [2.45, 2.75) is 65.1 Å². The fraction of sp³-hybridized carbons (Fsp3) is 0.650. The fourth-order valence-corrected chi connectivity index (χ4v) is 4.12. The Kier molecular flexibility index (Phi) is 5.14. The SMILES string of the molecule is Cc1ccccc1CN1CCC2(CC1)CC(NC(=O)OC(C)C)C2. The number of rotatable bonds is 4. The number of nitrogens with one attached hydrogen (secondary N) is 1. The van der Waals surface area contributed by atoms with E-state index < -0.39 is 0 Å². The van der Waals surface area contributed by atoms with Crippen LogP contribution in [0, 0.1) is 12.3 Å². The molecule has 0 radical (unpaired) electrons. The Morgan fingerprint density at radius 1 is 1.29 bits per heavy atom. The summed E-state index contributed by atoms with van der Waals surface area (Å²) in [6.45, 7) is 9.34. The number of hydrogen-bond acceptors (Lipinski definition) is 3. The van der Waals surface area contributed by atoms with Gasteiger partial charge in [0.1, 0.15) is 0 Å². The second-order valence-corrected chi connectivity index (χ2v) is 7.91. The zero-order valence-corrected chi connectivity index (χ0v) is 15.2. The Labute approximate surface area is 145 Å². The van der Waals surface area contributed by atoms with Gasteiger partial charge in [-0.2, -0.15) is 0 Å². The first kappa shape index (κ1) is 17.3. The molecule has 0 atom stereocenters. The summed E-state index contributed by atoms with van der Waals surface area (Å²) in [5, 5.41) is 3.00. The average Bonchev–Trinajstić information content (AvgIpc) is 2.49. The molecule has 132 valence electrons. The summed E-state index contributed by atoms with van der Waals surface area (Å²) >= 11 is 0. The molecule has 2 aliphatic rings. The van der Waals surface area contributed by atoms with Crippen molar-refractivity contribution in [3.63, 3.8) is 0 Å². The number of aryl methyl sites for hydroxylation is 1. The van der Waals surface area contributed by atoms with Crippen molar-refractivity contribution in [3.05, 3.63) is 35.4 Å². The van der Waals surface area contributed by atoms with Crippen LogP contribution in [-0.4, -0.2) is 36.2 Å². The van der Waals surface area contributed by atoms with Crippen molar-refractivity contribution in [1.82, 2.24) is 10.2 Å². The number of alkyl carbamates (subject to hydrolysis) is 1. The molecule has 1 aliphatic carbocycles. The molecular formula is C20H30N2O2. The van der Waals surface area contributed by atoms with Gasteiger partial charge >= 0.3 is 6.09 Å². The quantitative estimate of drug-likeness (QED) is 0.911. The maximum Gasteiger partial charge on any atom is 0.407 e. The van der Waals surface area contributed by atoms with E-state index in [-0.39, 0.29) is 12.2 Å². The minimum absolute atomic E-state index is 0.0521. The number of piperidine rings is 1. The lowest BCUT2D eigenvalue weighted by molar-refractivity contribution is 0.00183. The Hall–Kier alpha value is -1.55. The van der Waals surface area contributed by atoms with E-state index in [0.29, 0.717) is 11.5 Å². The first-order valence-electron chi connectivity index (χ1n) is 9.20. The van der Waals surface area contributed by atoms with Crippen molar-refractivity contribution in [1.29, 1.82) is 0 Å². The summed E-state index contributed by atoms with van der Waals surface area (Å²) in [6.07, 6.45) is 4.40. The van der Waals surface area contributed by atoms with E-state index in [1.807, 2.05) is 13.8 Å². The summed E-state index contributed by atoms with van der Waals surface area (Å²) in [5.41, 5.74) is 3.28. The van der Waals surface area contributed by atoms with Gasteiger partial charge in [0.05, 0.1) is 6.10 Å². The number of hydrogen-bond donors (Lipinski definition) is 1. The number of nitrogens with zero attached hydrogens (tertiary/aromatic N) is 1. The van der Waals surface area contributed by atoms with Crippen LogP contribution in [0.4, 0.5) is 4.79 Å². The molecule has 0 unspecified atom stereocenters. The van der Waals surface area contributed by atoms with Gasteiger partial charge in [0.2, 0.25) is 0 Å². The Morgan fingerprint density at radius 2 is 1.96 bits per heavy atom. The van der Waals surface area contributed by atoms with E-state index in [4.69, 9.17) is 4.74 Å². The number of likely N-dealkylation sites (tertiary alicyclic amines) is 1. The summed E-state index contributed by atoms with van der Waals surface area (Å²) in [7, 11) is 0. The third-order valence-corrected chi connectivity index (χ3v) is 5.60. The Balaban J connectivity index is 1.42. The lowest BCUT2D eigenvalue weighted by atomic mass is 9.60. The fourth-order valence-electron chi connectivity index (χ4n) is 4.12. The Bertz CT molecular complexity index is 569. The summed E-state index contributed by atoms with van der Waals surface area (Å²) in [5.74, 6) is 0. The molecule has 1 spiro atoms. The molecule has 0 aromatic heterocycles.